The van der Waals surface area contributed by atoms with E-state index in [4.69, 9.17) is 16.7 Å². The maximum Gasteiger partial charge on any atom is 0.175 e. The summed E-state index contributed by atoms with van der Waals surface area (Å²) in [6.07, 6.45) is 4.04. The first kappa shape index (κ1) is 18.4. The fourth-order valence-electron chi connectivity index (χ4n) is 2.40. The minimum Gasteiger partial charge on any atom is -0.396 e. The Morgan fingerprint density at radius 1 is 1.33 bits per heavy atom. The topological polar surface area (TPSA) is 66.4 Å². The van der Waals surface area contributed by atoms with Gasteiger partial charge >= 0.3 is 0 Å². The Bertz CT molecular complexity index is 540. The van der Waals surface area contributed by atoms with E-state index >= 15 is 0 Å². The van der Waals surface area contributed by atoms with E-state index in [0.29, 0.717) is 23.0 Å². The third-order valence-corrected chi connectivity index (χ3v) is 4.98. The van der Waals surface area contributed by atoms with Crippen LogP contribution in [-0.2, 0) is 16.4 Å². The molecule has 4 nitrogen and oxygen atoms in total. The van der Waals surface area contributed by atoms with Crippen LogP contribution < -0.4 is 5.32 Å². The van der Waals surface area contributed by atoms with Crippen LogP contribution in [-0.4, -0.2) is 32.9 Å². The normalized spacial score (nSPS) is 13.3. The van der Waals surface area contributed by atoms with Crippen molar-refractivity contribution in [3.63, 3.8) is 0 Å². The number of aliphatic hydroxyl groups excluding tert-OH is 1. The van der Waals surface area contributed by atoms with Crippen molar-refractivity contribution in [1.82, 2.24) is 5.32 Å². The molecule has 0 radical (unpaired) electrons. The first-order valence-electron chi connectivity index (χ1n) is 7.19. The van der Waals surface area contributed by atoms with Gasteiger partial charge in [0.2, 0.25) is 0 Å². The Morgan fingerprint density at radius 2 is 2.05 bits per heavy atom. The third-order valence-electron chi connectivity index (χ3n) is 3.44. The summed E-state index contributed by atoms with van der Waals surface area (Å²) in [6.45, 7) is 3.43. The van der Waals surface area contributed by atoms with Gasteiger partial charge in [-0.1, -0.05) is 31.0 Å². The average molecular weight is 334 g/mol. The minimum atomic E-state index is -3.29. The molecule has 0 spiro atoms. The molecular formula is C15H24ClNO3S. The van der Waals surface area contributed by atoms with Gasteiger partial charge in [-0.15, -0.1) is 0 Å². The molecule has 1 atom stereocenters. The Morgan fingerprint density at radius 3 is 2.62 bits per heavy atom. The number of sulfone groups is 1. The van der Waals surface area contributed by atoms with Gasteiger partial charge in [0, 0.05) is 30.0 Å². The number of hydrogen-bond acceptors (Lipinski definition) is 4. The molecule has 1 aromatic carbocycles. The average Bonchev–Trinajstić information content (AvgIpc) is 2.39. The maximum absolute atomic E-state index is 11.8. The van der Waals surface area contributed by atoms with Crippen LogP contribution in [0.1, 0.15) is 31.7 Å². The number of hydrogen-bond donors (Lipinski definition) is 2. The molecule has 0 bridgehead atoms. The molecule has 0 heterocycles. The summed E-state index contributed by atoms with van der Waals surface area (Å²) in [5, 5.41) is 12.8. The summed E-state index contributed by atoms with van der Waals surface area (Å²) >= 11 is 6.13. The summed E-state index contributed by atoms with van der Waals surface area (Å²) in [4.78, 5) is 0.275. The van der Waals surface area contributed by atoms with E-state index < -0.39 is 9.84 Å². The largest absolute Gasteiger partial charge is 0.396 e. The molecule has 1 unspecified atom stereocenters. The van der Waals surface area contributed by atoms with Crippen LogP contribution in [0, 0.1) is 5.92 Å². The molecule has 0 aliphatic heterocycles. The van der Waals surface area contributed by atoms with Gasteiger partial charge in [-0.2, -0.15) is 0 Å². The number of benzene rings is 1. The van der Waals surface area contributed by atoms with Crippen molar-refractivity contribution in [1.29, 1.82) is 0 Å². The molecule has 0 aliphatic carbocycles. The highest BCUT2D eigenvalue weighted by atomic mass is 35.5. The van der Waals surface area contributed by atoms with E-state index in [9.17, 15) is 8.42 Å². The molecule has 0 aromatic heterocycles. The lowest BCUT2D eigenvalue weighted by Gasteiger charge is -2.17. The molecule has 1 rings (SSSR count). The molecule has 120 valence electrons. The van der Waals surface area contributed by atoms with Gasteiger partial charge in [-0.3, -0.25) is 0 Å². The van der Waals surface area contributed by atoms with Crippen molar-refractivity contribution in [3.05, 3.63) is 28.8 Å². The first-order chi connectivity index (χ1) is 9.90. The van der Waals surface area contributed by atoms with Crippen LogP contribution in [0.2, 0.25) is 5.02 Å². The Kier molecular flexibility index (Phi) is 7.66. The molecular weight excluding hydrogens is 310 g/mol. The van der Waals surface area contributed by atoms with Crippen LogP contribution in [0.25, 0.3) is 0 Å². The lowest BCUT2D eigenvalue weighted by atomic mass is 10.0. The second-order valence-electron chi connectivity index (χ2n) is 5.29. The number of halogens is 1. The Labute approximate surface area is 132 Å². The van der Waals surface area contributed by atoms with Crippen molar-refractivity contribution in [2.75, 3.05) is 19.4 Å². The molecule has 0 fully saturated rings. The summed E-state index contributed by atoms with van der Waals surface area (Å²) in [5.41, 5.74) is 0.612. The second-order valence-corrected chi connectivity index (χ2v) is 7.68. The van der Waals surface area contributed by atoms with Crippen LogP contribution >= 0.6 is 11.6 Å². The third kappa shape index (κ3) is 5.94. The van der Waals surface area contributed by atoms with Gasteiger partial charge in [0.25, 0.3) is 0 Å². The summed E-state index contributed by atoms with van der Waals surface area (Å²) in [7, 11) is -3.29. The highest BCUT2D eigenvalue weighted by molar-refractivity contribution is 7.90. The molecule has 0 saturated carbocycles. The van der Waals surface area contributed by atoms with Crippen molar-refractivity contribution >= 4 is 21.4 Å². The van der Waals surface area contributed by atoms with Gasteiger partial charge in [0.15, 0.2) is 9.84 Å². The van der Waals surface area contributed by atoms with Gasteiger partial charge in [0.1, 0.15) is 0 Å². The zero-order valence-electron chi connectivity index (χ0n) is 12.6. The van der Waals surface area contributed by atoms with Gasteiger partial charge in [0.05, 0.1) is 4.90 Å². The molecule has 21 heavy (non-hydrogen) atoms. The summed E-state index contributed by atoms with van der Waals surface area (Å²) in [6, 6.07) is 4.92. The van der Waals surface area contributed by atoms with Crippen LogP contribution in [0.3, 0.4) is 0 Å². The molecule has 1 aromatic rings. The predicted octanol–water partition coefficient (Wildman–Crippen LogP) is 2.63. The Balaban J connectivity index is 2.75. The quantitative estimate of drug-likeness (QED) is 0.729. The predicted molar refractivity (Wildman–Crippen MR) is 86.4 cm³/mol. The zero-order valence-corrected chi connectivity index (χ0v) is 14.2. The van der Waals surface area contributed by atoms with E-state index in [-0.39, 0.29) is 11.5 Å². The lowest BCUT2D eigenvalue weighted by molar-refractivity contribution is 0.248. The van der Waals surface area contributed by atoms with E-state index in [2.05, 4.69) is 12.2 Å². The highest BCUT2D eigenvalue weighted by Crippen LogP contribution is 2.24. The van der Waals surface area contributed by atoms with Gasteiger partial charge in [-0.25, -0.2) is 8.42 Å². The maximum atomic E-state index is 11.8. The molecule has 0 saturated heterocycles. The van der Waals surface area contributed by atoms with Crippen LogP contribution in [0.4, 0.5) is 0 Å². The first-order valence-corrected chi connectivity index (χ1v) is 9.46. The van der Waals surface area contributed by atoms with E-state index in [1.807, 2.05) is 0 Å². The lowest BCUT2D eigenvalue weighted by Crippen LogP contribution is -2.24. The number of nitrogens with one attached hydrogen (secondary N) is 1. The number of aliphatic hydroxyl groups is 1. The standard InChI is InChI=1S/C15H24ClNO3S/c1-3-5-12(8-9-18)10-17-11-13-14(16)6-4-7-15(13)21(2,19)20/h4,6-7,12,17-18H,3,5,8-11H2,1-2H3. The fraction of sp³-hybridized carbons (Fsp3) is 0.600. The van der Waals surface area contributed by atoms with E-state index in [1.54, 1.807) is 18.2 Å². The molecule has 2 N–H and O–H groups in total. The van der Waals surface area contributed by atoms with Crippen LogP contribution in [0.5, 0.6) is 0 Å². The monoisotopic (exact) mass is 333 g/mol. The Hall–Kier alpha value is -0.620. The van der Waals surface area contributed by atoms with Gasteiger partial charge < -0.3 is 10.4 Å². The van der Waals surface area contributed by atoms with Crippen molar-refractivity contribution < 1.29 is 13.5 Å². The summed E-state index contributed by atoms with van der Waals surface area (Å²) < 4.78 is 23.6. The van der Waals surface area contributed by atoms with E-state index in [1.165, 1.54) is 6.26 Å². The number of rotatable bonds is 9. The van der Waals surface area contributed by atoms with Crippen molar-refractivity contribution in [2.45, 2.75) is 37.6 Å². The highest BCUT2D eigenvalue weighted by Gasteiger charge is 2.16. The fourth-order valence-corrected chi connectivity index (χ4v) is 3.65. The van der Waals surface area contributed by atoms with Crippen molar-refractivity contribution in [2.24, 2.45) is 5.92 Å². The van der Waals surface area contributed by atoms with Crippen LogP contribution in [0.15, 0.2) is 23.1 Å². The summed E-state index contributed by atoms with van der Waals surface area (Å²) in [5.74, 6) is 0.393. The molecule has 6 heteroatoms. The SMILES string of the molecule is CCCC(CCO)CNCc1c(Cl)cccc1S(C)(=O)=O. The van der Waals surface area contributed by atoms with E-state index in [0.717, 1.165) is 25.8 Å². The minimum absolute atomic E-state index is 0.174. The van der Waals surface area contributed by atoms with Gasteiger partial charge in [-0.05, 0) is 37.4 Å². The zero-order chi connectivity index (χ0) is 15.9. The van der Waals surface area contributed by atoms with Crippen molar-refractivity contribution in [3.8, 4) is 0 Å². The molecule has 0 aliphatic rings. The smallest absolute Gasteiger partial charge is 0.175 e. The molecule has 0 amide bonds. The second kappa shape index (κ2) is 8.73.